The number of benzene rings is 1. The Kier molecular flexibility index (Phi) is 4.76. The fourth-order valence-electron chi connectivity index (χ4n) is 2.99. The monoisotopic (exact) mass is 361 g/mol. The van der Waals surface area contributed by atoms with Crippen LogP contribution >= 0.6 is 0 Å². The quantitative estimate of drug-likeness (QED) is 0.738. The first-order valence-electron chi connectivity index (χ1n) is 8.58. The van der Waals surface area contributed by atoms with Crippen molar-refractivity contribution in [2.24, 2.45) is 5.92 Å². The Balaban J connectivity index is 1.67. The lowest BCUT2D eigenvalue weighted by Crippen LogP contribution is -2.47. The molecule has 0 unspecified atom stereocenters. The molecule has 2 aliphatic rings. The highest BCUT2D eigenvalue weighted by Gasteiger charge is 2.48. The predicted molar refractivity (Wildman–Crippen MR) is 92.8 cm³/mol. The summed E-state index contributed by atoms with van der Waals surface area (Å²) in [6.07, 6.45) is 0.290. The van der Waals surface area contributed by atoms with Gasteiger partial charge in [-0.15, -0.1) is 0 Å². The number of imide groups is 1. The van der Waals surface area contributed by atoms with Crippen molar-refractivity contribution in [1.29, 1.82) is 0 Å². The zero-order valence-electron chi connectivity index (χ0n) is 15.1. The highest BCUT2D eigenvalue weighted by atomic mass is 16.7. The van der Waals surface area contributed by atoms with E-state index in [0.717, 1.165) is 10.5 Å². The van der Waals surface area contributed by atoms with Crippen molar-refractivity contribution in [2.75, 3.05) is 19.9 Å². The molecule has 0 spiro atoms. The maximum absolute atomic E-state index is 12.8. The average Bonchev–Trinajstić information content (AvgIpc) is 3.11. The molecule has 1 aromatic carbocycles. The fourth-order valence-corrected chi connectivity index (χ4v) is 2.99. The van der Waals surface area contributed by atoms with Gasteiger partial charge in [0.25, 0.3) is 5.91 Å². The molecule has 1 saturated heterocycles. The molecule has 1 aromatic rings. The van der Waals surface area contributed by atoms with Crippen LogP contribution in [-0.2, 0) is 16.0 Å². The molecule has 2 aliphatic heterocycles. The van der Waals surface area contributed by atoms with Gasteiger partial charge in [0.1, 0.15) is 12.1 Å². The third-order valence-electron chi connectivity index (χ3n) is 4.35. The maximum atomic E-state index is 12.8. The molecule has 3 rings (SSSR count). The van der Waals surface area contributed by atoms with Crippen molar-refractivity contribution in [3.63, 3.8) is 0 Å². The van der Waals surface area contributed by atoms with Crippen LogP contribution in [0.5, 0.6) is 11.5 Å². The van der Waals surface area contributed by atoms with Crippen molar-refractivity contribution < 1.29 is 23.9 Å². The minimum atomic E-state index is -1.11. The predicted octanol–water partition coefficient (Wildman–Crippen LogP) is 1.04. The van der Waals surface area contributed by atoms with Gasteiger partial charge < -0.3 is 20.1 Å². The van der Waals surface area contributed by atoms with Crippen LogP contribution < -0.4 is 20.1 Å². The number of amides is 4. The van der Waals surface area contributed by atoms with Crippen molar-refractivity contribution in [3.05, 3.63) is 23.8 Å². The Bertz CT molecular complexity index is 748. The summed E-state index contributed by atoms with van der Waals surface area (Å²) in [5.41, 5.74) is -0.278. The van der Waals surface area contributed by atoms with Gasteiger partial charge in [-0.2, -0.15) is 0 Å². The van der Waals surface area contributed by atoms with E-state index in [-0.39, 0.29) is 19.2 Å². The number of carbonyl (C=O) groups is 3. The Labute approximate surface area is 151 Å². The van der Waals surface area contributed by atoms with Gasteiger partial charge in [0, 0.05) is 13.0 Å². The third kappa shape index (κ3) is 3.58. The van der Waals surface area contributed by atoms with Crippen molar-refractivity contribution in [2.45, 2.75) is 32.7 Å². The Morgan fingerprint density at radius 3 is 2.77 bits per heavy atom. The summed E-state index contributed by atoms with van der Waals surface area (Å²) < 4.78 is 10.6. The summed E-state index contributed by atoms with van der Waals surface area (Å²) >= 11 is 0. The number of fused-ring (bicyclic) bond motifs is 1. The van der Waals surface area contributed by atoms with E-state index in [1.807, 2.05) is 19.9 Å². The second-order valence-electron chi connectivity index (χ2n) is 7.22. The fraction of sp³-hybridized carbons (Fsp3) is 0.500. The number of rotatable bonds is 6. The van der Waals surface area contributed by atoms with Crippen molar-refractivity contribution in [3.8, 4) is 11.5 Å². The first-order chi connectivity index (χ1) is 12.3. The summed E-state index contributed by atoms with van der Waals surface area (Å²) in [5, 5.41) is 5.41. The lowest BCUT2D eigenvalue weighted by molar-refractivity contribution is -0.134. The van der Waals surface area contributed by atoms with Gasteiger partial charge in [-0.3, -0.25) is 14.5 Å². The Hall–Kier alpha value is -2.77. The maximum Gasteiger partial charge on any atom is 0.325 e. The standard InChI is InChI=1S/C18H23N3O5/c1-11(2)8-19-15(22)9-21-16(23)18(3,20-17(21)24)7-12-4-5-13-14(6-12)26-10-25-13/h4-6,11H,7-10H2,1-3H3,(H,19,22)(H,20,24)/t18-/m1/s1. The van der Waals surface area contributed by atoms with Crippen LogP contribution in [0.15, 0.2) is 18.2 Å². The molecule has 0 saturated carbocycles. The van der Waals surface area contributed by atoms with E-state index in [4.69, 9.17) is 9.47 Å². The van der Waals surface area contributed by atoms with Gasteiger partial charge in [0.2, 0.25) is 12.7 Å². The SMILES string of the molecule is CC(C)CNC(=O)CN1C(=O)N[C@](C)(Cc2ccc3c(c2)OCO3)C1=O. The second kappa shape index (κ2) is 6.86. The zero-order valence-corrected chi connectivity index (χ0v) is 15.1. The third-order valence-corrected chi connectivity index (χ3v) is 4.35. The van der Waals surface area contributed by atoms with E-state index in [2.05, 4.69) is 10.6 Å². The largest absolute Gasteiger partial charge is 0.454 e. The highest BCUT2D eigenvalue weighted by Crippen LogP contribution is 2.34. The molecule has 2 N–H and O–H groups in total. The molecule has 1 fully saturated rings. The summed E-state index contributed by atoms with van der Waals surface area (Å²) in [6.45, 7) is 5.98. The van der Waals surface area contributed by atoms with Gasteiger partial charge in [0.15, 0.2) is 11.5 Å². The smallest absolute Gasteiger partial charge is 0.325 e. The Morgan fingerprint density at radius 2 is 2.04 bits per heavy atom. The molecule has 2 heterocycles. The first-order valence-corrected chi connectivity index (χ1v) is 8.58. The van der Waals surface area contributed by atoms with Crippen LogP contribution in [0.2, 0.25) is 0 Å². The average molecular weight is 361 g/mol. The molecule has 26 heavy (non-hydrogen) atoms. The van der Waals surface area contributed by atoms with E-state index in [1.165, 1.54) is 0 Å². The van der Waals surface area contributed by atoms with E-state index in [1.54, 1.807) is 19.1 Å². The normalized spacial score (nSPS) is 21.3. The molecule has 0 bridgehead atoms. The van der Waals surface area contributed by atoms with E-state index in [9.17, 15) is 14.4 Å². The number of nitrogens with one attached hydrogen (secondary N) is 2. The van der Waals surface area contributed by atoms with E-state index >= 15 is 0 Å². The molecule has 1 atom stereocenters. The molecule has 0 radical (unpaired) electrons. The van der Waals surface area contributed by atoms with Gasteiger partial charge in [-0.1, -0.05) is 19.9 Å². The lowest BCUT2D eigenvalue weighted by Gasteiger charge is -2.22. The highest BCUT2D eigenvalue weighted by molar-refractivity contribution is 6.08. The molecule has 0 aromatic heterocycles. The Morgan fingerprint density at radius 1 is 1.31 bits per heavy atom. The summed E-state index contributed by atoms with van der Waals surface area (Å²) in [7, 11) is 0. The van der Waals surface area contributed by atoms with Crippen molar-refractivity contribution >= 4 is 17.8 Å². The zero-order chi connectivity index (χ0) is 18.9. The number of urea groups is 1. The minimum absolute atomic E-state index is 0.172. The van der Waals surface area contributed by atoms with Crippen LogP contribution in [0.3, 0.4) is 0 Å². The second-order valence-corrected chi connectivity index (χ2v) is 7.22. The molecular weight excluding hydrogens is 338 g/mol. The minimum Gasteiger partial charge on any atom is -0.454 e. The van der Waals surface area contributed by atoms with Crippen LogP contribution in [0.25, 0.3) is 0 Å². The van der Waals surface area contributed by atoms with Gasteiger partial charge in [0.05, 0.1) is 0 Å². The van der Waals surface area contributed by atoms with Crippen LogP contribution in [0, 0.1) is 5.92 Å². The molecule has 8 nitrogen and oxygen atoms in total. The van der Waals surface area contributed by atoms with Crippen LogP contribution in [0.1, 0.15) is 26.3 Å². The summed E-state index contributed by atoms with van der Waals surface area (Å²) in [6, 6.07) is 4.85. The lowest BCUT2D eigenvalue weighted by atomic mass is 9.92. The van der Waals surface area contributed by atoms with Crippen molar-refractivity contribution in [1.82, 2.24) is 15.5 Å². The van der Waals surface area contributed by atoms with Crippen LogP contribution in [0.4, 0.5) is 4.79 Å². The summed E-state index contributed by atoms with van der Waals surface area (Å²) in [4.78, 5) is 37.9. The van der Waals surface area contributed by atoms with Gasteiger partial charge in [-0.05, 0) is 30.5 Å². The molecular formula is C18H23N3O5. The molecule has 4 amide bonds. The number of hydrogen-bond donors (Lipinski definition) is 2. The topological polar surface area (TPSA) is 97.0 Å². The summed E-state index contributed by atoms with van der Waals surface area (Å²) in [5.74, 6) is 0.796. The first kappa shape index (κ1) is 18.0. The molecule has 8 heteroatoms. The number of carbonyl (C=O) groups excluding carboxylic acids is 3. The van der Waals surface area contributed by atoms with E-state index in [0.29, 0.717) is 30.4 Å². The van der Waals surface area contributed by atoms with E-state index < -0.39 is 17.5 Å². The number of hydrogen-bond acceptors (Lipinski definition) is 5. The number of nitrogens with zero attached hydrogens (tertiary/aromatic N) is 1. The molecule has 0 aliphatic carbocycles. The number of ether oxygens (including phenoxy) is 2. The van der Waals surface area contributed by atoms with Gasteiger partial charge >= 0.3 is 6.03 Å². The molecule has 140 valence electrons. The van der Waals surface area contributed by atoms with Crippen LogP contribution in [-0.4, -0.2) is 48.2 Å². The van der Waals surface area contributed by atoms with Gasteiger partial charge in [-0.25, -0.2) is 4.79 Å².